The lowest BCUT2D eigenvalue weighted by Crippen LogP contribution is -2.05. The van der Waals surface area contributed by atoms with Gasteiger partial charge in [0.15, 0.2) is 0 Å². The van der Waals surface area contributed by atoms with Gasteiger partial charge in [-0.2, -0.15) is 11.8 Å². The molecule has 0 aliphatic rings. The van der Waals surface area contributed by atoms with E-state index in [4.69, 9.17) is 4.74 Å². The molecule has 0 saturated carbocycles. The van der Waals surface area contributed by atoms with E-state index in [2.05, 4.69) is 13.8 Å². The van der Waals surface area contributed by atoms with E-state index in [1.54, 1.807) is 18.9 Å². The highest BCUT2D eigenvalue weighted by Gasteiger charge is 2.15. The maximum Gasteiger partial charge on any atom is 0.127 e. The zero-order valence-electron chi connectivity index (χ0n) is 10.4. The molecule has 1 rings (SSSR count). The zero-order chi connectivity index (χ0) is 12.1. The fraction of sp³-hybridized carbons (Fsp3) is 0.538. The molecule has 2 nitrogen and oxygen atoms in total. The van der Waals surface area contributed by atoms with E-state index in [0.29, 0.717) is 0 Å². The minimum absolute atomic E-state index is 0.445. The van der Waals surface area contributed by atoms with E-state index in [1.807, 2.05) is 19.1 Å². The van der Waals surface area contributed by atoms with Crippen molar-refractivity contribution in [2.75, 3.05) is 18.6 Å². The van der Waals surface area contributed by atoms with Crippen LogP contribution in [0.1, 0.15) is 29.7 Å². The lowest BCUT2D eigenvalue weighted by molar-refractivity contribution is 0.199. The van der Waals surface area contributed by atoms with E-state index < -0.39 is 6.10 Å². The normalized spacial score (nSPS) is 12.6. The summed E-state index contributed by atoms with van der Waals surface area (Å²) in [5.74, 6) is 2.56. The monoisotopic (exact) mass is 240 g/mol. The number of hydrogen-bond acceptors (Lipinski definition) is 3. The summed E-state index contributed by atoms with van der Waals surface area (Å²) in [6.45, 7) is 6.17. The van der Waals surface area contributed by atoms with Crippen LogP contribution >= 0.6 is 11.8 Å². The molecule has 0 saturated heterocycles. The summed E-state index contributed by atoms with van der Waals surface area (Å²) >= 11 is 1.73. The van der Waals surface area contributed by atoms with Gasteiger partial charge < -0.3 is 9.84 Å². The number of thioether (sulfide) groups is 1. The van der Waals surface area contributed by atoms with Crippen LogP contribution in [0.25, 0.3) is 0 Å². The van der Waals surface area contributed by atoms with Crippen LogP contribution < -0.4 is 4.74 Å². The lowest BCUT2D eigenvalue weighted by atomic mass is 10.0. The second-order valence-electron chi connectivity index (χ2n) is 3.81. The molecule has 3 heteroatoms. The highest BCUT2D eigenvalue weighted by molar-refractivity contribution is 7.99. The summed E-state index contributed by atoms with van der Waals surface area (Å²) in [5, 5.41) is 10.1. The van der Waals surface area contributed by atoms with Gasteiger partial charge in [-0.3, -0.25) is 0 Å². The number of rotatable bonds is 5. The molecule has 0 amide bonds. The molecule has 0 aliphatic heterocycles. The topological polar surface area (TPSA) is 29.5 Å². The SMILES string of the molecule is CCSCC(O)c1ccc(C)c(C)c1OC. The van der Waals surface area contributed by atoms with Crippen LogP contribution in [0.4, 0.5) is 0 Å². The Balaban J connectivity index is 2.99. The van der Waals surface area contributed by atoms with E-state index >= 15 is 0 Å². The summed E-state index contributed by atoms with van der Waals surface area (Å²) in [5.41, 5.74) is 3.20. The Morgan fingerprint density at radius 1 is 1.38 bits per heavy atom. The summed E-state index contributed by atoms with van der Waals surface area (Å²) in [6, 6.07) is 4.00. The Bertz CT molecular complexity index is 350. The van der Waals surface area contributed by atoms with Crippen molar-refractivity contribution >= 4 is 11.8 Å². The fourth-order valence-corrected chi connectivity index (χ4v) is 2.30. The molecule has 0 aliphatic carbocycles. The van der Waals surface area contributed by atoms with Gasteiger partial charge in [-0.25, -0.2) is 0 Å². The van der Waals surface area contributed by atoms with Crippen molar-refractivity contribution in [2.24, 2.45) is 0 Å². The Hall–Kier alpha value is -0.670. The third-order valence-corrected chi connectivity index (χ3v) is 3.71. The highest BCUT2D eigenvalue weighted by Crippen LogP contribution is 2.32. The van der Waals surface area contributed by atoms with Gasteiger partial charge in [0.25, 0.3) is 0 Å². The van der Waals surface area contributed by atoms with Crippen LogP contribution in [0, 0.1) is 13.8 Å². The number of benzene rings is 1. The van der Waals surface area contributed by atoms with Gasteiger partial charge in [-0.05, 0) is 30.7 Å². The minimum atomic E-state index is -0.445. The zero-order valence-corrected chi connectivity index (χ0v) is 11.2. The summed E-state index contributed by atoms with van der Waals surface area (Å²) < 4.78 is 5.39. The van der Waals surface area contributed by atoms with Crippen molar-refractivity contribution in [3.63, 3.8) is 0 Å². The number of methoxy groups -OCH3 is 1. The van der Waals surface area contributed by atoms with Gasteiger partial charge in [0, 0.05) is 11.3 Å². The molecule has 0 radical (unpaired) electrons. The average molecular weight is 240 g/mol. The van der Waals surface area contributed by atoms with Crippen molar-refractivity contribution in [3.05, 3.63) is 28.8 Å². The smallest absolute Gasteiger partial charge is 0.127 e. The fourth-order valence-electron chi connectivity index (χ4n) is 1.66. The molecule has 90 valence electrons. The van der Waals surface area contributed by atoms with Gasteiger partial charge >= 0.3 is 0 Å². The largest absolute Gasteiger partial charge is 0.496 e. The van der Waals surface area contributed by atoms with Gasteiger partial charge in [0.2, 0.25) is 0 Å². The van der Waals surface area contributed by atoms with Gasteiger partial charge in [-0.1, -0.05) is 19.1 Å². The van der Waals surface area contributed by atoms with Crippen molar-refractivity contribution in [1.82, 2.24) is 0 Å². The van der Waals surface area contributed by atoms with E-state index in [0.717, 1.165) is 28.4 Å². The predicted octanol–water partition coefficient (Wildman–Crippen LogP) is 3.10. The van der Waals surface area contributed by atoms with Crippen LogP contribution in [-0.4, -0.2) is 23.7 Å². The first-order valence-corrected chi connectivity index (χ1v) is 6.67. The molecule has 1 aromatic rings. The minimum Gasteiger partial charge on any atom is -0.496 e. The molecule has 1 N–H and O–H groups in total. The van der Waals surface area contributed by atoms with E-state index in [9.17, 15) is 5.11 Å². The molecule has 1 aromatic carbocycles. The Kier molecular flexibility index (Phi) is 5.16. The Labute approximate surface area is 102 Å². The van der Waals surface area contributed by atoms with Crippen LogP contribution in [0.3, 0.4) is 0 Å². The standard InChI is InChI=1S/C13H20O2S/c1-5-16-8-12(14)11-7-6-9(2)10(3)13(11)15-4/h6-7,12,14H,5,8H2,1-4H3. The summed E-state index contributed by atoms with van der Waals surface area (Å²) in [6.07, 6.45) is -0.445. The third-order valence-electron chi connectivity index (χ3n) is 2.75. The van der Waals surface area contributed by atoms with E-state index in [-0.39, 0.29) is 0 Å². The van der Waals surface area contributed by atoms with Gasteiger partial charge in [0.05, 0.1) is 13.2 Å². The molecule has 16 heavy (non-hydrogen) atoms. The third kappa shape index (κ3) is 2.92. The molecule has 0 aromatic heterocycles. The Morgan fingerprint density at radius 2 is 2.06 bits per heavy atom. The second kappa shape index (κ2) is 6.16. The summed E-state index contributed by atoms with van der Waals surface area (Å²) in [4.78, 5) is 0. The van der Waals surface area contributed by atoms with Crippen molar-refractivity contribution in [1.29, 1.82) is 0 Å². The first-order valence-electron chi connectivity index (χ1n) is 5.51. The first-order chi connectivity index (χ1) is 7.61. The quantitative estimate of drug-likeness (QED) is 0.857. The van der Waals surface area contributed by atoms with Gasteiger partial charge in [0.1, 0.15) is 5.75 Å². The van der Waals surface area contributed by atoms with Gasteiger partial charge in [-0.15, -0.1) is 0 Å². The molecular formula is C13H20O2S. The summed E-state index contributed by atoms with van der Waals surface area (Å²) in [7, 11) is 1.66. The second-order valence-corrected chi connectivity index (χ2v) is 5.12. The van der Waals surface area contributed by atoms with Crippen LogP contribution in [0.5, 0.6) is 5.75 Å². The number of hydrogen-bond donors (Lipinski definition) is 1. The number of ether oxygens (including phenoxy) is 1. The van der Waals surface area contributed by atoms with E-state index in [1.165, 1.54) is 5.56 Å². The highest BCUT2D eigenvalue weighted by atomic mass is 32.2. The van der Waals surface area contributed by atoms with Crippen molar-refractivity contribution in [2.45, 2.75) is 26.9 Å². The average Bonchev–Trinajstić information content (AvgIpc) is 2.29. The van der Waals surface area contributed by atoms with Crippen LogP contribution in [-0.2, 0) is 0 Å². The Morgan fingerprint density at radius 3 is 2.62 bits per heavy atom. The lowest BCUT2D eigenvalue weighted by Gasteiger charge is -2.17. The number of aliphatic hydroxyl groups is 1. The van der Waals surface area contributed by atoms with Crippen LogP contribution in [0.15, 0.2) is 12.1 Å². The molecule has 0 bridgehead atoms. The van der Waals surface area contributed by atoms with Crippen molar-refractivity contribution in [3.8, 4) is 5.75 Å². The molecule has 1 unspecified atom stereocenters. The maximum atomic E-state index is 10.1. The molecule has 0 fully saturated rings. The predicted molar refractivity (Wildman–Crippen MR) is 70.4 cm³/mol. The molecular weight excluding hydrogens is 220 g/mol. The molecule has 1 atom stereocenters. The number of aliphatic hydroxyl groups excluding tert-OH is 1. The first kappa shape index (κ1) is 13.4. The van der Waals surface area contributed by atoms with Crippen LogP contribution in [0.2, 0.25) is 0 Å². The maximum absolute atomic E-state index is 10.1. The molecule has 0 heterocycles. The number of aryl methyl sites for hydroxylation is 1. The van der Waals surface area contributed by atoms with Crippen molar-refractivity contribution < 1.29 is 9.84 Å². The molecule has 0 spiro atoms.